The van der Waals surface area contributed by atoms with E-state index in [2.05, 4.69) is 15.2 Å². The van der Waals surface area contributed by atoms with E-state index in [1.807, 2.05) is 36.4 Å². The van der Waals surface area contributed by atoms with Crippen molar-refractivity contribution in [1.29, 1.82) is 0 Å². The van der Waals surface area contributed by atoms with Gasteiger partial charge in [-0.1, -0.05) is 37.5 Å². The molecule has 2 N–H and O–H groups in total. The van der Waals surface area contributed by atoms with Crippen LogP contribution in [0.25, 0.3) is 11.3 Å². The number of carboxylic acid groups (broad SMARTS) is 1. The number of carboxylic acids is 1. The van der Waals surface area contributed by atoms with Crippen molar-refractivity contribution < 1.29 is 14.3 Å². The average Bonchev–Trinajstić information content (AvgIpc) is 3.45. The minimum atomic E-state index is -0.956. The maximum atomic E-state index is 11.4. The van der Waals surface area contributed by atoms with Crippen molar-refractivity contribution in [2.75, 3.05) is 0 Å². The highest BCUT2D eigenvalue weighted by Crippen LogP contribution is 2.43. The first-order valence-electron chi connectivity index (χ1n) is 11.0. The van der Waals surface area contributed by atoms with Gasteiger partial charge in [-0.15, -0.1) is 0 Å². The summed E-state index contributed by atoms with van der Waals surface area (Å²) in [7, 11) is 0. The summed E-state index contributed by atoms with van der Waals surface area (Å²) in [6, 6.07) is 16.7. The Labute approximate surface area is 192 Å². The Bertz CT molecular complexity index is 1120. The molecule has 3 aromatic rings. The molecular weight excluding hydrogens is 422 g/mol. The first kappa shape index (κ1) is 20.7. The summed E-state index contributed by atoms with van der Waals surface area (Å²) in [6.07, 6.45) is 7.70. The van der Waals surface area contributed by atoms with Crippen LogP contribution in [0.15, 0.2) is 65.2 Å². The molecule has 2 atom stereocenters. The Morgan fingerprint density at radius 3 is 2.69 bits per heavy atom. The fourth-order valence-corrected chi connectivity index (χ4v) is 5.28. The number of pyridine rings is 1. The van der Waals surface area contributed by atoms with E-state index in [9.17, 15) is 9.90 Å². The molecule has 164 valence electrons. The van der Waals surface area contributed by atoms with E-state index < -0.39 is 5.97 Å². The summed E-state index contributed by atoms with van der Waals surface area (Å²) < 4.78 is 6.35. The van der Waals surface area contributed by atoms with Gasteiger partial charge in [0.1, 0.15) is 17.6 Å². The zero-order valence-electron chi connectivity index (χ0n) is 17.6. The van der Waals surface area contributed by atoms with Crippen LogP contribution in [0.2, 0.25) is 0 Å². The Hall–Kier alpha value is -3.19. The van der Waals surface area contributed by atoms with Crippen molar-refractivity contribution in [2.24, 2.45) is 0 Å². The van der Waals surface area contributed by atoms with Crippen LogP contribution < -0.4 is 5.32 Å². The highest BCUT2D eigenvalue weighted by Gasteiger charge is 2.44. The van der Waals surface area contributed by atoms with E-state index in [1.165, 1.54) is 19.3 Å². The number of aromatic nitrogens is 1. The molecule has 0 spiro atoms. The number of benzene rings is 1. The highest BCUT2D eigenvalue weighted by atomic mass is 32.1. The standard InChI is InChI=1S/C25H25N3O3S/c29-24(30)17-8-6-7-16(15-17)20-12-13-21(31-20)23-22(19-11-4-5-14-26-19)27-25(32)28(23)18-9-2-1-3-10-18/h4-8,11-15,18,22-23H,1-3,9-10H2,(H,27,32)(H,29,30)/t22-,23-/m1/s1. The molecule has 7 heteroatoms. The number of rotatable bonds is 5. The van der Waals surface area contributed by atoms with Crippen molar-refractivity contribution in [2.45, 2.75) is 50.2 Å². The minimum Gasteiger partial charge on any atom is -0.478 e. The molecule has 6 nitrogen and oxygen atoms in total. The zero-order chi connectivity index (χ0) is 22.1. The zero-order valence-corrected chi connectivity index (χ0v) is 18.4. The molecular formula is C25H25N3O3S. The van der Waals surface area contributed by atoms with Crippen molar-refractivity contribution in [1.82, 2.24) is 15.2 Å². The topological polar surface area (TPSA) is 78.6 Å². The van der Waals surface area contributed by atoms with Gasteiger partial charge in [0.05, 0.1) is 17.3 Å². The normalized spacial score (nSPS) is 21.5. The first-order valence-corrected chi connectivity index (χ1v) is 11.5. The molecule has 1 saturated carbocycles. The quantitative estimate of drug-likeness (QED) is 0.511. The molecule has 0 amide bonds. The first-order chi connectivity index (χ1) is 15.6. The van der Waals surface area contributed by atoms with Gasteiger partial charge < -0.3 is 19.7 Å². The third-order valence-corrected chi connectivity index (χ3v) is 6.74. The van der Waals surface area contributed by atoms with Crippen LogP contribution in [-0.2, 0) is 0 Å². The molecule has 5 rings (SSSR count). The molecule has 0 radical (unpaired) electrons. The number of aromatic carboxylic acids is 1. The van der Waals surface area contributed by atoms with Crippen molar-refractivity contribution in [3.8, 4) is 11.3 Å². The molecule has 32 heavy (non-hydrogen) atoms. The summed E-state index contributed by atoms with van der Waals surface area (Å²) in [5, 5.41) is 13.6. The van der Waals surface area contributed by atoms with Crippen LogP contribution >= 0.6 is 12.2 Å². The van der Waals surface area contributed by atoms with E-state index in [1.54, 1.807) is 24.4 Å². The number of hydrogen-bond donors (Lipinski definition) is 2. The van der Waals surface area contributed by atoms with Gasteiger partial charge in [0, 0.05) is 17.8 Å². The Kier molecular flexibility index (Phi) is 5.66. The van der Waals surface area contributed by atoms with Crippen LogP contribution in [-0.4, -0.2) is 32.1 Å². The molecule has 1 aliphatic heterocycles. The number of nitrogens with one attached hydrogen (secondary N) is 1. The third-order valence-electron chi connectivity index (χ3n) is 6.42. The Balaban J connectivity index is 1.53. The molecule has 3 heterocycles. The van der Waals surface area contributed by atoms with Crippen LogP contribution in [0, 0.1) is 0 Å². The SMILES string of the molecule is O=C(O)c1cccc(-c2ccc([C@@H]3[C@@H](c4ccccn4)NC(=S)N3C3CCCCC3)o2)c1. The Morgan fingerprint density at radius 1 is 1.09 bits per heavy atom. The maximum absolute atomic E-state index is 11.4. The molecule has 2 aromatic heterocycles. The summed E-state index contributed by atoms with van der Waals surface area (Å²) in [5.74, 6) is 0.487. The van der Waals surface area contributed by atoms with Crippen molar-refractivity contribution in [3.63, 3.8) is 0 Å². The van der Waals surface area contributed by atoms with Gasteiger partial charge in [0.2, 0.25) is 0 Å². The lowest BCUT2D eigenvalue weighted by atomic mass is 9.92. The molecule has 0 bridgehead atoms. The second-order valence-electron chi connectivity index (χ2n) is 8.41. The Morgan fingerprint density at radius 2 is 1.94 bits per heavy atom. The second kappa shape index (κ2) is 8.74. The smallest absolute Gasteiger partial charge is 0.335 e. The summed E-state index contributed by atoms with van der Waals surface area (Å²) in [5.41, 5.74) is 1.90. The molecule has 1 aromatic carbocycles. The molecule has 2 fully saturated rings. The summed E-state index contributed by atoms with van der Waals surface area (Å²) in [4.78, 5) is 18.3. The van der Waals surface area contributed by atoms with Crippen LogP contribution in [0.4, 0.5) is 0 Å². The van der Waals surface area contributed by atoms with E-state index in [-0.39, 0.29) is 17.6 Å². The van der Waals surface area contributed by atoms with Crippen LogP contribution in [0.1, 0.15) is 66.0 Å². The van der Waals surface area contributed by atoms with Gasteiger partial charge in [-0.25, -0.2) is 4.79 Å². The average molecular weight is 448 g/mol. The monoisotopic (exact) mass is 447 g/mol. The van der Waals surface area contributed by atoms with Crippen LogP contribution in [0.3, 0.4) is 0 Å². The predicted octanol–water partition coefficient (Wildman–Crippen LogP) is 5.35. The summed E-state index contributed by atoms with van der Waals surface area (Å²) >= 11 is 5.80. The van der Waals surface area contributed by atoms with Gasteiger partial charge >= 0.3 is 5.97 Å². The number of thiocarbonyl (C=S) groups is 1. The van der Waals surface area contributed by atoms with E-state index in [0.717, 1.165) is 35.0 Å². The molecule has 2 aliphatic rings. The van der Waals surface area contributed by atoms with Gasteiger partial charge in [-0.05, 0) is 61.5 Å². The number of nitrogens with zero attached hydrogens (tertiary/aromatic N) is 2. The van der Waals surface area contributed by atoms with E-state index >= 15 is 0 Å². The molecule has 1 saturated heterocycles. The van der Waals surface area contributed by atoms with Gasteiger partial charge in [-0.2, -0.15) is 0 Å². The minimum absolute atomic E-state index is 0.114. The van der Waals surface area contributed by atoms with Crippen molar-refractivity contribution in [3.05, 3.63) is 77.8 Å². The fraction of sp³-hybridized carbons (Fsp3) is 0.320. The van der Waals surface area contributed by atoms with Gasteiger partial charge in [-0.3, -0.25) is 4.98 Å². The second-order valence-corrected chi connectivity index (χ2v) is 8.80. The highest BCUT2D eigenvalue weighted by molar-refractivity contribution is 7.80. The maximum Gasteiger partial charge on any atom is 0.335 e. The molecule has 0 unspecified atom stereocenters. The molecule has 1 aliphatic carbocycles. The lowest BCUT2D eigenvalue weighted by Gasteiger charge is -2.36. The van der Waals surface area contributed by atoms with E-state index in [4.69, 9.17) is 16.6 Å². The third kappa shape index (κ3) is 3.88. The summed E-state index contributed by atoms with van der Waals surface area (Å²) in [6.45, 7) is 0. The lowest BCUT2D eigenvalue weighted by molar-refractivity contribution is 0.0697. The predicted molar refractivity (Wildman–Crippen MR) is 125 cm³/mol. The fourth-order valence-electron chi connectivity index (χ4n) is 4.89. The lowest BCUT2D eigenvalue weighted by Crippen LogP contribution is -2.40. The van der Waals surface area contributed by atoms with Gasteiger partial charge in [0.25, 0.3) is 0 Å². The van der Waals surface area contributed by atoms with Crippen LogP contribution in [0.5, 0.6) is 0 Å². The van der Waals surface area contributed by atoms with Gasteiger partial charge in [0.15, 0.2) is 5.11 Å². The number of carbonyl (C=O) groups is 1. The largest absolute Gasteiger partial charge is 0.478 e. The number of hydrogen-bond acceptors (Lipinski definition) is 4. The van der Waals surface area contributed by atoms with E-state index in [0.29, 0.717) is 11.8 Å². The van der Waals surface area contributed by atoms with Crippen molar-refractivity contribution >= 4 is 23.3 Å². The number of furan rings is 1.